The van der Waals surface area contributed by atoms with Crippen LogP contribution in [0.1, 0.15) is 43.6 Å². The standard InChI is InChI=1S/C17H25FN2/c18-16-6-4-14(5-7-16)15-12-17(13-15)19-8-11-20-9-2-1-3-10-20/h4-7,15,17,19H,1-3,8-13H2. The van der Waals surface area contributed by atoms with Crippen molar-refractivity contribution in [2.45, 2.75) is 44.1 Å². The molecule has 0 unspecified atom stereocenters. The summed E-state index contributed by atoms with van der Waals surface area (Å²) in [5.41, 5.74) is 1.29. The molecule has 20 heavy (non-hydrogen) atoms. The molecule has 0 atom stereocenters. The minimum absolute atomic E-state index is 0.135. The molecule has 1 N–H and O–H groups in total. The van der Waals surface area contributed by atoms with Crippen LogP contribution in [0.15, 0.2) is 24.3 Å². The van der Waals surface area contributed by atoms with Crippen molar-refractivity contribution in [3.8, 4) is 0 Å². The van der Waals surface area contributed by atoms with E-state index in [9.17, 15) is 4.39 Å². The zero-order valence-electron chi connectivity index (χ0n) is 12.2. The molecule has 1 aromatic carbocycles. The van der Waals surface area contributed by atoms with Crippen LogP contribution in [0.3, 0.4) is 0 Å². The maximum Gasteiger partial charge on any atom is 0.123 e. The molecule has 1 saturated carbocycles. The second-order valence-corrected chi connectivity index (χ2v) is 6.27. The van der Waals surface area contributed by atoms with Crippen LogP contribution in [-0.2, 0) is 0 Å². The Hall–Kier alpha value is -0.930. The fraction of sp³-hybridized carbons (Fsp3) is 0.647. The molecule has 1 aliphatic heterocycles. The normalized spacial score (nSPS) is 27.2. The highest BCUT2D eigenvalue weighted by Gasteiger charge is 2.29. The molecule has 0 spiro atoms. The van der Waals surface area contributed by atoms with Crippen LogP contribution in [0, 0.1) is 5.82 Å². The van der Waals surface area contributed by atoms with E-state index in [1.807, 2.05) is 12.1 Å². The Morgan fingerprint density at radius 1 is 1.05 bits per heavy atom. The smallest absolute Gasteiger partial charge is 0.123 e. The summed E-state index contributed by atoms with van der Waals surface area (Å²) in [5, 5.41) is 3.66. The third-order valence-electron chi connectivity index (χ3n) is 4.79. The van der Waals surface area contributed by atoms with Crippen LogP contribution < -0.4 is 5.32 Å². The Balaban J connectivity index is 1.33. The van der Waals surface area contributed by atoms with Crippen LogP contribution in [0.2, 0.25) is 0 Å². The van der Waals surface area contributed by atoms with Crippen molar-refractivity contribution in [3.05, 3.63) is 35.6 Å². The first-order valence-electron chi connectivity index (χ1n) is 8.02. The van der Waals surface area contributed by atoms with Gasteiger partial charge in [-0.05, 0) is 62.4 Å². The second kappa shape index (κ2) is 6.68. The largest absolute Gasteiger partial charge is 0.313 e. The number of piperidine rings is 1. The summed E-state index contributed by atoms with van der Waals surface area (Å²) in [4.78, 5) is 2.58. The minimum atomic E-state index is -0.135. The lowest BCUT2D eigenvalue weighted by atomic mass is 9.76. The second-order valence-electron chi connectivity index (χ2n) is 6.27. The SMILES string of the molecule is Fc1ccc(C2CC(NCCN3CCCCC3)C2)cc1. The van der Waals surface area contributed by atoms with E-state index >= 15 is 0 Å². The first-order chi connectivity index (χ1) is 9.81. The predicted molar refractivity (Wildman–Crippen MR) is 80.5 cm³/mol. The van der Waals surface area contributed by atoms with E-state index in [1.54, 1.807) is 12.1 Å². The minimum Gasteiger partial charge on any atom is -0.313 e. The monoisotopic (exact) mass is 276 g/mol. The lowest BCUT2D eigenvalue weighted by Gasteiger charge is -2.37. The van der Waals surface area contributed by atoms with Crippen molar-refractivity contribution in [1.29, 1.82) is 0 Å². The molecule has 110 valence electrons. The summed E-state index contributed by atoms with van der Waals surface area (Å²) in [6, 6.07) is 7.68. The molecule has 0 bridgehead atoms. The fourth-order valence-electron chi connectivity index (χ4n) is 3.40. The Bertz CT molecular complexity index is 406. The number of halogens is 1. The van der Waals surface area contributed by atoms with Crippen molar-refractivity contribution < 1.29 is 4.39 Å². The van der Waals surface area contributed by atoms with Crippen molar-refractivity contribution in [1.82, 2.24) is 10.2 Å². The van der Waals surface area contributed by atoms with Crippen LogP contribution >= 0.6 is 0 Å². The van der Waals surface area contributed by atoms with Crippen molar-refractivity contribution in [2.24, 2.45) is 0 Å². The highest BCUT2D eigenvalue weighted by atomic mass is 19.1. The van der Waals surface area contributed by atoms with Crippen molar-refractivity contribution >= 4 is 0 Å². The van der Waals surface area contributed by atoms with E-state index in [4.69, 9.17) is 0 Å². The lowest BCUT2D eigenvalue weighted by Crippen LogP contribution is -2.44. The van der Waals surface area contributed by atoms with Gasteiger partial charge >= 0.3 is 0 Å². The summed E-state index contributed by atoms with van der Waals surface area (Å²) in [5.74, 6) is 0.493. The van der Waals surface area contributed by atoms with Gasteiger partial charge < -0.3 is 10.2 Å². The van der Waals surface area contributed by atoms with E-state index in [1.165, 1.54) is 57.3 Å². The van der Waals surface area contributed by atoms with Crippen LogP contribution in [0.4, 0.5) is 4.39 Å². The van der Waals surface area contributed by atoms with E-state index < -0.39 is 0 Å². The van der Waals surface area contributed by atoms with E-state index in [-0.39, 0.29) is 5.82 Å². The average molecular weight is 276 g/mol. The maximum atomic E-state index is 12.9. The Labute approximate surface area is 121 Å². The third kappa shape index (κ3) is 3.58. The van der Waals surface area contributed by atoms with Gasteiger partial charge in [-0.1, -0.05) is 18.6 Å². The van der Waals surface area contributed by atoms with Gasteiger partial charge in [0.25, 0.3) is 0 Å². The molecule has 2 nitrogen and oxygen atoms in total. The highest BCUT2D eigenvalue weighted by Crippen LogP contribution is 2.36. The zero-order chi connectivity index (χ0) is 13.8. The lowest BCUT2D eigenvalue weighted by molar-refractivity contribution is 0.214. The molecular formula is C17H25FN2. The average Bonchev–Trinajstić information content (AvgIpc) is 2.44. The molecule has 1 aromatic rings. The van der Waals surface area contributed by atoms with E-state index in [0.717, 1.165) is 6.54 Å². The van der Waals surface area contributed by atoms with Gasteiger partial charge in [0.2, 0.25) is 0 Å². The molecule has 1 heterocycles. The fourth-order valence-corrected chi connectivity index (χ4v) is 3.40. The molecule has 3 rings (SSSR count). The zero-order valence-corrected chi connectivity index (χ0v) is 12.2. The van der Waals surface area contributed by atoms with E-state index in [2.05, 4.69) is 10.2 Å². The summed E-state index contributed by atoms with van der Waals surface area (Å²) < 4.78 is 12.9. The Morgan fingerprint density at radius 3 is 2.45 bits per heavy atom. The van der Waals surface area contributed by atoms with Gasteiger partial charge in [-0.3, -0.25) is 0 Å². The Morgan fingerprint density at radius 2 is 1.75 bits per heavy atom. The maximum absolute atomic E-state index is 12.9. The van der Waals surface area contributed by atoms with Gasteiger partial charge in [-0.25, -0.2) is 4.39 Å². The van der Waals surface area contributed by atoms with Crippen molar-refractivity contribution in [2.75, 3.05) is 26.2 Å². The molecular weight excluding hydrogens is 251 g/mol. The number of likely N-dealkylation sites (tertiary alicyclic amines) is 1. The summed E-state index contributed by atoms with van der Waals surface area (Å²) in [7, 11) is 0. The topological polar surface area (TPSA) is 15.3 Å². The number of rotatable bonds is 5. The molecule has 0 radical (unpaired) electrons. The van der Waals surface area contributed by atoms with Gasteiger partial charge in [0.15, 0.2) is 0 Å². The molecule has 1 saturated heterocycles. The third-order valence-corrected chi connectivity index (χ3v) is 4.79. The van der Waals surface area contributed by atoms with Crippen molar-refractivity contribution in [3.63, 3.8) is 0 Å². The summed E-state index contributed by atoms with van der Waals surface area (Å²) in [6.45, 7) is 4.87. The summed E-state index contributed by atoms with van der Waals surface area (Å²) >= 11 is 0. The first-order valence-corrected chi connectivity index (χ1v) is 8.02. The number of nitrogens with one attached hydrogen (secondary N) is 1. The number of benzene rings is 1. The number of nitrogens with zero attached hydrogens (tertiary/aromatic N) is 1. The van der Waals surface area contributed by atoms with Gasteiger partial charge in [-0.15, -0.1) is 0 Å². The van der Waals surface area contributed by atoms with Gasteiger partial charge in [-0.2, -0.15) is 0 Å². The number of hydrogen-bond donors (Lipinski definition) is 1. The quantitative estimate of drug-likeness (QED) is 0.889. The summed E-state index contributed by atoms with van der Waals surface area (Å²) in [6.07, 6.45) is 6.55. The van der Waals surface area contributed by atoms with E-state index in [0.29, 0.717) is 12.0 Å². The van der Waals surface area contributed by atoms with Crippen LogP contribution in [0.5, 0.6) is 0 Å². The Kier molecular flexibility index (Phi) is 4.69. The van der Waals surface area contributed by atoms with Crippen LogP contribution in [0.25, 0.3) is 0 Å². The van der Waals surface area contributed by atoms with Gasteiger partial charge in [0.05, 0.1) is 0 Å². The highest BCUT2D eigenvalue weighted by molar-refractivity contribution is 5.23. The molecule has 1 aliphatic carbocycles. The van der Waals surface area contributed by atoms with Gasteiger partial charge in [0, 0.05) is 19.1 Å². The molecule has 3 heteroatoms. The molecule has 0 amide bonds. The number of hydrogen-bond acceptors (Lipinski definition) is 2. The first kappa shape index (κ1) is 14.0. The predicted octanol–water partition coefficient (Wildman–Crippen LogP) is 3.15. The molecule has 2 aliphatic rings. The van der Waals surface area contributed by atoms with Gasteiger partial charge in [0.1, 0.15) is 5.82 Å². The molecule has 2 fully saturated rings. The molecule has 0 aromatic heterocycles. The van der Waals surface area contributed by atoms with Crippen LogP contribution in [-0.4, -0.2) is 37.1 Å².